The molecule has 2 rings (SSSR count). The lowest BCUT2D eigenvalue weighted by molar-refractivity contribution is 0.108. The molecule has 0 aliphatic carbocycles. The van der Waals surface area contributed by atoms with Gasteiger partial charge in [-0.2, -0.15) is 10.2 Å². The van der Waals surface area contributed by atoms with E-state index in [1.807, 2.05) is 74.5 Å². The van der Waals surface area contributed by atoms with Gasteiger partial charge in [0.05, 0.1) is 23.6 Å². The maximum absolute atomic E-state index is 10.7. The highest BCUT2D eigenvalue weighted by Crippen LogP contribution is 2.15. The summed E-state index contributed by atoms with van der Waals surface area (Å²) in [4.78, 5) is 0. The lowest BCUT2D eigenvalue weighted by Gasteiger charge is -2.18. The number of aliphatic hydroxyl groups is 4. The highest BCUT2D eigenvalue weighted by molar-refractivity contribution is 6.06. The molecule has 0 aliphatic rings. The fraction of sp³-hybridized carbons (Fsp3) is 0.417. The smallest absolute Gasteiger partial charge is 0.101 e. The van der Waals surface area contributed by atoms with Crippen molar-refractivity contribution in [2.45, 2.75) is 63.9 Å². The summed E-state index contributed by atoms with van der Waals surface area (Å²) in [5, 5.41) is 50.0. The van der Waals surface area contributed by atoms with Crippen molar-refractivity contribution < 1.29 is 20.4 Å². The second kappa shape index (κ2) is 12.3. The van der Waals surface area contributed by atoms with Gasteiger partial charge < -0.3 is 20.4 Å². The van der Waals surface area contributed by atoms with Gasteiger partial charge in [-0.25, -0.2) is 0 Å². The highest BCUT2D eigenvalue weighted by atomic mass is 16.3. The van der Waals surface area contributed by atoms with Crippen LogP contribution in [0.15, 0.2) is 70.9 Å². The van der Waals surface area contributed by atoms with Crippen molar-refractivity contribution in [2.75, 3.05) is 0 Å². The van der Waals surface area contributed by atoms with Crippen molar-refractivity contribution >= 4 is 11.4 Å². The van der Waals surface area contributed by atoms with E-state index in [0.29, 0.717) is 35.4 Å². The Labute approximate surface area is 178 Å². The first-order chi connectivity index (χ1) is 14.5. The van der Waals surface area contributed by atoms with Crippen LogP contribution >= 0.6 is 0 Å². The molecular weight excluding hydrogens is 380 g/mol. The van der Waals surface area contributed by atoms with E-state index in [1.165, 1.54) is 0 Å². The summed E-state index contributed by atoms with van der Waals surface area (Å²) in [6.07, 6.45) is -2.03. The van der Waals surface area contributed by atoms with Crippen molar-refractivity contribution in [3.63, 3.8) is 0 Å². The van der Waals surface area contributed by atoms with Gasteiger partial charge in [-0.05, 0) is 12.8 Å². The van der Waals surface area contributed by atoms with E-state index >= 15 is 0 Å². The van der Waals surface area contributed by atoms with Gasteiger partial charge in [0.25, 0.3) is 0 Å². The number of nitrogens with zero attached hydrogens (tertiary/aromatic N) is 2. The first-order valence-corrected chi connectivity index (χ1v) is 10.4. The molecule has 0 aliphatic heterocycles. The van der Waals surface area contributed by atoms with Gasteiger partial charge in [-0.15, -0.1) is 0 Å². The Balaban J connectivity index is 2.46. The molecule has 0 heterocycles. The average Bonchev–Trinajstić information content (AvgIpc) is 2.77. The van der Waals surface area contributed by atoms with Gasteiger partial charge in [0.1, 0.15) is 12.2 Å². The molecule has 0 amide bonds. The molecule has 4 N–H and O–H groups in total. The molecule has 162 valence electrons. The molecule has 0 fully saturated rings. The molecule has 0 bridgehead atoms. The van der Waals surface area contributed by atoms with Crippen LogP contribution < -0.4 is 0 Å². The van der Waals surface area contributed by atoms with Gasteiger partial charge in [0.2, 0.25) is 0 Å². The van der Waals surface area contributed by atoms with Crippen molar-refractivity contribution in [3.8, 4) is 0 Å². The number of hydrogen-bond acceptors (Lipinski definition) is 6. The molecule has 0 spiro atoms. The summed E-state index contributed by atoms with van der Waals surface area (Å²) in [6, 6.07) is 18.3. The summed E-state index contributed by atoms with van der Waals surface area (Å²) < 4.78 is 0. The lowest BCUT2D eigenvalue weighted by Crippen LogP contribution is -2.28. The van der Waals surface area contributed by atoms with Crippen molar-refractivity contribution in [1.29, 1.82) is 0 Å². The maximum Gasteiger partial charge on any atom is 0.101 e. The Hall–Kier alpha value is -2.38. The summed E-state index contributed by atoms with van der Waals surface area (Å²) in [6.45, 7) is 3.69. The second-order valence-corrected chi connectivity index (χ2v) is 7.33. The zero-order valence-corrected chi connectivity index (χ0v) is 17.6. The molecular formula is C24H32N2O4. The van der Waals surface area contributed by atoms with Gasteiger partial charge in [0.15, 0.2) is 0 Å². The van der Waals surface area contributed by atoms with Gasteiger partial charge in [0, 0.05) is 24.0 Å². The molecule has 0 aromatic heterocycles. The van der Waals surface area contributed by atoms with Gasteiger partial charge in [-0.1, -0.05) is 74.5 Å². The fourth-order valence-corrected chi connectivity index (χ4v) is 3.03. The minimum atomic E-state index is -1.01. The maximum atomic E-state index is 10.7. The number of rotatable bonds is 11. The van der Waals surface area contributed by atoms with Crippen LogP contribution in [0.2, 0.25) is 0 Å². The summed E-state index contributed by atoms with van der Waals surface area (Å²) in [5.74, 6) is 0. The van der Waals surface area contributed by atoms with E-state index in [4.69, 9.17) is 0 Å². The van der Waals surface area contributed by atoms with Crippen molar-refractivity contribution in [1.82, 2.24) is 0 Å². The first-order valence-electron chi connectivity index (χ1n) is 10.4. The molecule has 30 heavy (non-hydrogen) atoms. The largest absolute Gasteiger partial charge is 0.393 e. The molecule has 6 nitrogen and oxygen atoms in total. The van der Waals surface area contributed by atoms with E-state index in [2.05, 4.69) is 10.2 Å². The third-order valence-electron chi connectivity index (χ3n) is 4.97. The fourth-order valence-electron chi connectivity index (χ4n) is 3.03. The molecule has 0 radical (unpaired) electrons. The Morgan fingerprint density at radius 3 is 1.27 bits per heavy atom. The van der Waals surface area contributed by atoms with Crippen LogP contribution in [0.25, 0.3) is 0 Å². The molecule has 2 aromatic carbocycles. The van der Waals surface area contributed by atoms with Crippen LogP contribution in [0.4, 0.5) is 0 Å². The van der Waals surface area contributed by atoms with Crippen molar-refractivity contribution in [2.24, 2.45) is 10.2 Å². The molecule has 6 heteroatoms. The first kappa shape index (κ1) is 23.9. The third-order valence-corrected chi connectivity index (χ3v) is 4.97. The van der Waals surface area contributed by atoms with Crippen LogP contribution in [0.1, 0.15) is 50.7 Å². The minimum Gasteiger partial charge on any atom is -0.393 e. The lowest BCUT2D eigenvalue weighted by atomic mass is 9.99. The quantitative estimate of drug-likeness (QED) is 0.336. The summed E-state index contributed by atoms with van der Waals surface area (Å²) in [7, 11) is 0. The Morgan fingerprint density at radius 1 is 0.633 bits per heavy atom. The van der Waals surface area contributed by atoms with Gasteiger partial charge >= 0.3 is 0 Å². The standard InChI is InChI=1S/C24H32N2O4/c1-3-19(27)15-21(29)23(17-11-7-5-8-12-17)25-26-24(18-13-9-6-10-14-18)22(30)16-20(28)4-2/h5-14,19-22,27-30H,3-4,15-16H2,1-2H3. The van der Waals surface area contributed by atoms with Crippen LogP contribution in [0.5, 0.6) is 0 Å². The topological polar surface area (TPSA) is 106 Å². The van der Waals surface area contributed by atoms with Crippen molar-refractivity contribution in [3.05, 3.63) is 71.8 Å². The zero-order chi connectivity index (χ0) is 21.9. The number of aliphatic hydroxyl groups excluding tert-OH is 4. The summed E-state index contributed by atoms with van der Waals surface area (Å²) in [5.41, 5.74) is 2.01. The normalized spacial score (nSPS) is 16.7. The van der Waals surface area contributed by atoms with E-state index in [1.54, 1.807) is 0 Å². The minimum absolute atomic E-state index is 0.136. The molecule has 0 saturated carbocycles. The molecule has 4 unspecified atom stereocenters. The van der Waals surface area contributed by atoms with E-state index < -0.39 is 24.4 Å². The van der Waals surface area contributed by atoms with Gasteiger partial charge in [-0.3, -0.25) is 0 Å². The summed E-state index contributed by atoms with van der Waals surface area (Å²) >= 11 is 0. The van der Waals surface area contributed by atoms with E-state index in [0.717, 1.165) is 0 Å². The highest BCUT2D eigenvalue weighted by Gasteiger charge is 2.21. The van der Waals surface area contributed by atoms with Crippen LogP contribution in [-0.2, 0) is 0 Å². The van der Waals surface area contributed by atoms with Crippen LogP contribution in [0.3, 0.4) is 0 Å². The number of hydrogen-bond donors (Lipinski definition) is 4. The monoisotopic (exact) mass is 412 g/mol. The predicted molar refractivity (Wildman–Crippen MR) is 120 cm³/mol. The van der Waals surface area contributed by atoms with E-state index in [9.17, 15) is 20.4 Å². The SMILES string of the molecule is CCC(O)CC(O)C(=NN=C(c1ccccc1)C(O)CC(O)CC)c1ccccc1. The predicted octanol–water partition coefficient (Wildman–Crippen LogP) is 2.92. The number of benzene rings is 2. The zero-order valence-electron chi connectivity index (χ0n) is 17.6. The van der Waals surface area contributed by atoms with Crippen LogP contribution in [0, 0.1) is 0 Å². The van der Waals surface area contributed by atoms with Crippen LogP contribution in [-0.4, -0.2) is 56.3 Å². The Kier molecular flexibility index (Phi) is 9.83. The third kappa shape index (κ3) is 7.15. The molecule has 0 saturated heterocycles. The molecule has 4 atom stereocenters. The van der Waals surface area contributed by atoms with E-state index in [-0.39, 0.29) is 12.8 Å². The Bertz CT molecular complexity index is 739. The molecule has 2 aromatic rings. The second-order valence-electron chi connectivity index (χ2n) is 7.33. The Morgan fingerprint density at radius 2 is 0.967 bits per heavy atom. The average molecular weight is 413 g/mol.